The Kier molecular flexibility index (Phi) is 6.53. The molecule has 1 saturated heterocycles. The van der Waals surface area contributed by atoms with Gasteiger partial charge in [0, 0.05) is 50.7 Å². The number of hydrogen-bond donors (Lipinski definition) is 0. The molecule has 1 amide bonds. The molecule has 172 valence electrons. The molecular formula is C24H23F2N3O3S. The first kappa shape index (κ1) is 23.0. The molecule has 0 bridgehead atoms. The van der Waals surface area contributed by atoms with Crippen LogP contribution in [0.4, 0.5) is 8.78 Å². The lowest BCUT2D eigenvalue weighted by molar-refractivity contribution is 0.0622. The Bertz CT molecular complexity index is 1260. The van der Waals surface area contributed by atoms with Gasteiger partial charge in [-0.05, 0) is 41.5 Å². The summed E-state index contributed by atoms with van der Waals surface area (Å²) in [6.45, 7) is 2.76. The Labute approximate surface area is 191 Å². The largest absolute Gasteiger partial charge is 0.335 e. The van der Waals surface area contributed by atoms with E-state index in [2.05, 4.69) is 9.88 Å². The Hall–Kier alpha value is -3.17. The molecule has 33 heavy (non-hydrogen) atoms. The second kappa shape index (κ2) is 9.36. The first-order valence-corrected chi connectivity index (χ1v) is 12.3. The summed E-state index contributed by atoms with van der Waals surface area (Å²) >= 11 is 0. The fourth-order valence-electron chi connectivity index (χ4n) is 3.75. The van der Waals surface area contributed by atoms with Crippen molar-refractivity contribution in [3.63, 3.8) is 0 Å². The van der Waals surface area contributed by atoms with Gasteiger partial charge in [0.05, 0.1) is 4.90 Å². The second-order valence-electron chi connectivity index (χ2n) is 8.05. The monoisotopic (exact) mass is 471 g/mol. The van der Waals surface area contributed by atoms with E-state index < -0.39 is 21.5 Å². The standard InChI is InChI=1S/C24H23F2N3O3S/c1-33(31,32)20-6-3-18(4-7-20)19-5-9-23(27-15-19)24(30)29-12-10-28(11-13-29)16-17-2-8-21(25)22(26)14-17/h2-9,14-15H,10-13,16H2,1H3. The average molecular weight is 472 g/mol. The SMILES string of the molecule is CS(=O)(=O)c1ccc(-c2ccc(C(=O)N3CCN(Cc4ccc(F)c(F)c4)CC3)nc2)cc1. The van der Waals surface area contributed by atoms with Gasteiger partial charge in [0.25, 0.3) is 5.91 Å². The highest BCUT2D eigenvalue weighted by Crippen LogP contribution is 2.21. The molecule has 4 rings (SSSR count). The van der Waals surface area contributed by atoms with Gasteiger partial charge in [-0.25, -0.2) is 17.2 Å². The fourth-order valence-corrected chi connectivity index (χ4v) is 4.38. The van der Waals surface area contributed by atoms with Crippen LogP contribution >= 0.6 is 0 Å². The van der Waals surface area contributed by atoms with Crippen LogP contribution in [0.1, 0.15) is 16.1 Å². The zero-order valence-corrected chi connectivity index (χ0v) is 18.9. The molecule has 0 radical (unpaired) electrons. The van der Waals surface area contributed by atoms with Gasteiger partial charge in [-0.2, -0.15) is 0 Å². The van der Waals surface area contributed by atoms with E-state index in [0.29, 0.717) is 44.0 Å². The zero-order valence-electron chi connectivity index (χ0n) is 18.0. The Morgan fingerprint density at radius 2 is 1.58 bits per heavy atom. The van der Waals surface area contributed by atoms with Gasteiger partial charge in [-0.15, -0.1) is 0 Å². The number of halogens is 2. The minimum absolute atomic E-state index is 0.165. The number of nitrogens with zero attached hydrogens (tertiary/aromatic N) is 3. The quantitative estimate of drug-likeness (QED) is 0.571. The van der Waals surface area contributed by atoms with Crippen LogP contribution in [0.15, 0.2) is 65.7 Å². The summed E-state index contributed by atoms with van der Waals surface area (Å²) in [7, 11) is -3.26. The van der Waals surface area contributed by atoms with Gasteiger partial charge in [0.1, 0.15) is 5.69 Å². The molecule has 2 aromatic carbocycles. The third kappa shape index (κ3) is 5.43. The molecule has 0 spiro atoms. The zero-order chi connectivity index (χ0) is 23.6. The van der Waals surface area contributed by atoms with E-state index in [4.69, 9.17) is 0 Å². The van der Waals surface area contributed by atoms with Gasteiger partial charge in [0.15, 0.2) is 21.5 Å². The maximum Gasteiger partial charge on any atom is 0.272 e. The van der Waals surface area contributed by atoms with Crippen LogP contribution in [0.2, 0.25) is 0 Å². The van der Waals surface area contributed by atoms with Crippen LogP contribution in [0.25, 0.3) is 11.1 Å². The number of rotatable bonds is 5. The molecule has 6 nitrogen and oxygen atoms in total. The number of carbonyl (C=O) groups excluding carboxylic acids is 1. The van der Waals surface area contributed by atoms with Gasteiger partial charge < -0.3 is 4.90 Å². The minimum Gasteiger partial charge on any atom is -0.335 e. The summed E-state index contributed by atoms with van der Waals surface area (Å²) in [6, 6.07) is 13.9. The van der Waals surface area contributed by atoms with Crippen molar-refractivity contribution in [1.29, 1.82) is 0 Å². The predicted molar refractivity (Wildman–Crippen MR) is 120 cm³/mol. The molecule has 3 aromatic rings. The van der Waals surface area contributed by atoms with Crippen LogP contribution in [0.5, 0.6) is 0 Å². The number of aromatic nitrogens is 1. The number of piperazine rings is 1. The van der Waals surface area contributed by atoms with Crippen molar-refractivity contribution in [2.24, 2.45) is 0 Å². The highest BCUT2D eigenvalue weighted by Gasteiger charge is 2.23. The first-order chi connectivity index (χ1) is 15.7. The summed E-state index contributed by atoms with van der Waals surface area (Å²) in [4.78, 5) is 21.2. The number of carbonyl (C=O) groups is 1. The summed E-state index contributed by atoms with van der Waals surface area (Å²) in [5.74, 6) is -1.89. The van der Waals surface area contributed by atoms with Crippen molar-refractivity contribution in [2.45, 2.75) is 11.4 Å². The number of pyridine rings is 1. The molecule has 0 unspecified atom stereocenters. The summed E-state index contributed by atoms with van der Waals surface area (Å²) in [5.41, 5.74) is 2.61. The Morgan fingerprint density at radius 3 is 2.15 bits per heavy atom. The lowest BCUT2D eigenvalue weighted by atomic mass is 10.1. The van der Waals surface area contributed by atoms with E-state index in [9.17, 15) is 22.0 Å². The highest BCUT2D eigenvalue weighted by molar-refractivity contribution is 7.90. The number of hydrogen-bond acceptors (Lipinski definition) is 5. The molecule has 2 heterocycles. The Morgan fingerprint density at radius 1 is 0.909 bits per heavy atom. The molecule has 1 aliphatic rings. The van der Waals surface area contributed by atoms with Gasteiger partial charge in [0.2, 0.25) is 0 Å². The van der Waals surface area contributed by atoms with E-state index in [1.807, 2.05) is 0 Å². The predicted octanol–water partition coefficient (Wildman–Crippen LogP) is 3.39. The van der Waals surface area contributed by atoms with Gasteiger partial charge >= 0.3 is 0 Å². The first-order valence-electron chi connectivity index (χ1n) is 10.4. The third-order valence-corrected chi connectivity index (χ3v) is 6.78. The molecule has 9 heteroatoms. The average Bonchev–Trinajstić information content (AvgIpc) is 2.81. The highest BCUT2D eigenvalue weighted by atomic mass is 32.2. The molecule has 0 saturated carbocycles. The van der Waals surface area contributed by atoms with Gasteiger partial charge in [-0.3, -0.25) is 14.7 Å². The van der Waals surface area contributed by atoms with E-state index in [1.54, 1.807) is 53.6 Å². The molecule has 1 aromatic heterocycles. The van der Waals surface area contributed by atoms with Crippen molar-refractivity contribution in [3.8, 4) is 11.1 Å². The van der Waals surface area contributed by atoms with Crippen LogP contribution in [-0.4, -0.2) is 61.5 Å². The van der Waals surface area contributed by atoms with Crippen LogP contribution in [0.3, 0.4) is 0 Å². The maximum absolute atomic E-state index is 13.4. The smallest absolute Gasteiger partial charge is 0.272 e. The third-order valence-electron chi connectivity index (χ3n) is 5.65. The van der Waals surface area contributed by atoms with Crippen molar-refractivity contribution in [3.05, 3.63) is 83.7 Å². The van der Waals surface area contributed by atoms with E-state index >= 15 is 0 Å². The van der Waals surface area contributed by atoms with Crippen LogP contribution in [-0.2, 0) is 16.4 Å². The summed E-state index contributed by atoms with van der Waals surface area (Å²) in [5, 5.41) is 0. The number of amides is 1. The van der Waals surface area contributed by atoms with Crippen molar-refractivity contribution < 1.29 is 22.0 Å². The van der Waals surface area contributed by atoms with Crippen LogP contribution < -0.4 is 0 Å². The molecule has 1 aliphatic heterocycles. The molecular weight excluding hydrogens is 448 g/mol. The lowest BCUT2D eigenvalue weighted by Crippen LogP contribution is -2.48. The second-order valence-corrected chi connectivity index (χ2v) is 10.1. The van der Waals surface area contributed by atoms with E-state index in [1.165, 1.54) is 6.07 Å². The minimum atomic E-state index is -3.26. The lowest BCUT2D eigenvalue weighted by Gasteiger charge is -2.34. The van der Waals surface area contributed by atoms with E-state index in [-0.39, 0.29) is 10.8 Å². The summed E-state index contributed by atoms with van der Waals surface area (Å²) < 4.78 is 49.7. The maximum atomic E-state index is 13.4. The number of benzene rings is 2. The molecule has 0 atom stereocenters. The topological polar surface area (TPSA) is 70.6 Å². The molecule has 1 fully saturated rings. The fraction of sp³-hybridized carbons (Fsp3) is 0.250. The van der Waals surface area contributed by atoms with E-state index in [0.717, 1.165) is 23.4 Å². The van der Waals surface area contributed by atoms with Gasteiger partial charge in [-0.1, -0.05) is 24.3 Å². The summed E-state index contributed by atoms with van der Waals surface area (Å²) in [6.07, 6.45) is 2.76. The number of sulfone groups is 1. The normalized spacial score (nSPS) is 14.9. The van der Waals surface area contributed by atoms with Crippen LogP contribution in [0, 0.1) is 11.6 Å². The van der Waals surface area contributed by atoms with Crippen molar-refractivity contribution >= 4 is 15.7 Å². The molecule has 0 N–H and O–H groups in total. The Balaban J connectivity index is 1.35. The molecule has 0 aliphatic carbocycles. The van der Waals surface area contributed by atoms with Crippen molar-refractivity contribution in [2.75, 3.05) is 32.4 Å². The van der Waals surface area contributed by atoms with Crippen molar-refractivity contribution in [1.82, 2.24) is 14.8 Å².